The number of rotatable bonds is 4. The number of aromatic hydroxyl groups is 2. The Bertz CT molecular complexity index is 783. The van der Waals surface area contributed by atoms with Gasteiger partial charge in [-0.1, -0.05) is 13.0 Å². The maximum absolute atomic E-state index is 12.4. The zero-order chi connectivity index (χ0) is 17.3. The highest BCUT2D eigenvalue weighted by molar-refractivity contribution is 5.83. The molecule has 6 nitrogen and oxygen atoms in total. The Morgan fingerprint density at radius 1 is 1.21 bits per heavy atom. The van der Waals surface area contributed by atoms with Crippen LogP contribution in [0.4, 0.5) is 0 Å². The molecular formula is C18H18O6. The second-order valence-electron chi connectivity index (χ2n) is 5.46. The molecule has 126 valence electrons. The second-order valence-corrected chi connectivity index (χ2v) is 5.46. The highest BCUT2D eigenvalue weighted by Crippen LogP contribution is 2.40. The molecule has 0 radical (unpaired) electrons. The normalized spacial score (nSPS) is 13.6. The number of carbonyl (C=O) groups excluding carboxylic acids is 1. The van der Waals surface area contributed by atoms with Crippen LogP contribution in [0.1, 0.15) is 29.5 Å². The minimum absolute atomic E-state index is 0.0536. The van der Waals surface area contributed by atoms with Crippen molar-refractivity contribution < 1.29 is 29.2 Å². The summed E-state index contributed by atoms with van der Waals surface area (Å²) in [5.41, 5.74) is 1.72. The van der Waals surface area contributed by atoms with Crippen molar-refractivity contribution in [2.45, 2.75) is 19.3 Å². The summed E-state index contributed by atoms with van der Waals surface area (Å²) < 4.78 is 15.6. The van der Waals surface area contributed by atoms with E-state index in [-0.39, 0.29) is 18.3 Å². The van der Waals surface area contributed by atoms with E-state index in [4.69, 9.17) is 14.2 Å². The van der Waals surface area contributed by atoms with Gasteiger partial charge in [0.2, 0.25) is 6.79 Å². The van der Waals surface area contributed by atoms with E-state index in [1.807, 2.05) is 6.92 Å². The summed E-state index contributed by atoms with van der Waals surface area (Å²) in [4.78, 5) is 12.4. The van der Waals surface area contributed by atoms with Crippen LogP contribution >= 0.6 is 0 Å². The van der Waals surface area contributed by atoms with Crippen LogP contribution in [-0.4, -0.2) is 30.1 Å². The lowest BCUT2D eigenvalue weighted by Crippen LogP contribution is -2.17. The first-order valence-corrected chi connectivity index (χ1v) is 7.57. The monoisotopic (exact) mass is 330 g/mol. The lowest BCUT2D eigenvalue weighted by atomic mass is 9.86. The van der Waals surface area contributed by atoms with Crippen LogP contribution < -0.4 is 9.47 Å². The lowest BCUT2D eigenvalue weighted by molar-refractivity contribution is -0.141. The van der Waals surface area contributed by atoms with Crippen molar-refractivity contribution >= 4 is 5.97 Å². The maximum atomic E-state index is 12.4. The largest absolute Gasteiger partial charge is 0.508 e. The number of methoxy groups -OCH3 is 1. The minimum atomic E-state index is -0.794. The molecule has 0 fully saturated rings. The summed E-state index contributed by atoms with van der Waals surface area (Å²) in [5.74, 6) is -0.303. The van der Waals surface area contributed by atoms with Crippen molar-refractivity contribution in [1.29, 1.82) is 0 Å². The molecule has 1 atom stereocenters. The predicted molar refractivity (Wildman–Crippen MR) is 85.6 cm³/mol. The van der Waals surface area contributed by atoms with Crippen LogP contribution in [0.3, 0.4) is 0 Å². The molecule has 1 aliphatic rings. The standard InChI is InChI=1S/C18H18O6/c1-3-12-13(7-11(19)8-14(12)20)17(18(21)22-2)10-4-5-15-16(6-10)24-9-23-15/h4-8,17,19-20H,3,9H2,1-2H3. The van der Waals surface area contributed by atoms with Gasteiger partial charge in [-0.3, -0.25) is 4.79 Å². The molecule has 0 aromatic heterocycles. The number of phenols is 2. The number of hydrogen-bond acceptors (Lipinski definition) is 6. The summed E-state index contributed by atoms with van der Waals surface area (Å²) in [6.45, 7) is 2.00. The number of ether oxygens (including phenoxy) is 3. The molecule has 0 saturated carbocycles. The van der Waals surface area contributed by atoms with E-state index in [1.165, 1.54) is 19.2 Å². The van der Waals surface area contributed by atoms with Crippen molar-refractivity contribution in [3.05, 3.63) is 47.0 Å². The third kappa shape index (κ3) is 2.71. The zero-order valence-electron chi connectivity index (χ0n) is 13.4. The Balaban J connectivity index is 2.16. The van der Waals surface area contributed by atoms with Crippen LogP contribution in [0.25, 0.3) is 0 Å². The van der Waals surface area contributed by atoms with Crippen LogP contribution in [0, 0.1) is 0 Å². The number of phenolic OH excluding ortho intramolecular Hbond substituents is 2. The first-order chi connectivity index (χ1) is 11.5. The number of esters is 1. The van der Waals surface area contributed by atoms with Gasteiger partial charge in [-0.2, -0.15) is 0 Å². The van der Waals surface area contributed by atoms with Gasteiger partial charge in [-0.25, -0.2) is 0 Å². The summed E-state index contributed by atoms with van der Waals surface area (Å²) in [6.07, 6.45) is 0.499. The van der Waals surface area contributed by atoms with Gasteiger partial charge in [0, 0.05) is 6.07 Å². The highest BCUT2D eigenvalue weighted by atomic mass is 16.7. The number of hydrogen-bond donors (Lipinski definition) is 2. The smallest absolute Gasteiger partial charge is 0.317 e. The average molecular weight is 330 g/mol. The molecule has 24 heavy (non-hydrogen) atoms. The van der Waals surface area contributed by atoms with Gasteiger partial charge in [0.1, 0.15) is 17.4 Å². The molecule has 0 saturated heterocycles. The fourth-order valence-corrected chi connectivity index (χ4v) is 2.96. The molecule has 1 heterocycles. The van der Waals surface area contributed by atoms with Crippen molar-refractivity contribution in [3.8, 4) is 23.0 Å². The first kappa shape index (κ1) is 16.0. The SMILES string of the molecule is CCc1c(O)cc(O)cc1C(C(=O)OC)c1ccc2c(c1)OCO2. The molecule has 0 aliphatic carbocycles. The topological polar surface area (TPSA) is 85.2 Å². The fraction of sp³-hybridized carbons (Fsp3) is 0.278. The highest BCUT2D eigenvalue weighted by Gasteiger charge is 2.29. The van der Waals surface area contributed by atoms with E-state index < -0.39 is 11.9 Å². The molecule has 3 rings (SSSR count). The molecule has 2 aromatic rings. The van der Waals surface area contributed by atoms with Gasteiger partial charge in [0.05, 0.1) is 7.11 Å². The molecule has 0 amide bonds. The number of benzene rings is 2. The zero-order valence-corrected chi connectivity index (χ0v) is 13.4. The Morgan fingerprint density at radius 3 is 2.67 bits per heavy atom. The van der Waals surface area contributed by atoms with Crippen LogP contribution in [0.15, 0.2) is 30.3 Å². The Hall–Kier alpha value is -2.89. The molecular weight excluding hydrogens is 312 g/mol. The van der Waals surface area contributed by atoms with Gasteiger partial charge in [0.15, 0.2) is 11.5 Å². The van der Waals surface area contributed by atoms with Gasteiger partial charge in [0.25, 0.3) is 0 Å². The number of carbonyl (C=O) groups is 1. The van der Waals surface area contributed by atoms with E-state index in [0.29, 0.717) is 34.6 Å². The fourth-order valence-electron chi connectivity index (χ4n) is 2.96. The summed E-state index contributed by atoms with van der Waals surface area (Å²) in [6, 6.07) is 7.92. The van der Waals surface area contributed by atoms with Crippen molar-refractivity contribution in [2.24, 2.45) is 0 Å². The second kappa shape index (κ2) is 6.31. The van der Waals surface area contributed by atoms with Gasteiger partial charge < -0.3 is 24.4 Å². The van der Waals surface area contributed by atoms with Gasteiger partial charge in [-0.15, -0.1) is 0 Å². The summed E-state index contributed by atoms with van der Waals surface area (Å²) in [7, 11) is 1.30. The van der Waals surface area contributed by atoms with E-state index in [1.54, 1.807) is 18.2 Å². The summed E-state index contributed by atoms with van der Waals surface area (Å²) in [5, 5.41) is 20.0. The van der Waals surface area contributed by atoms with Crippen LogP contribution in [0.2, 0.25) is 0 Å². The number of fused-ring (bicyclic) bond motifs is 1. The average Bonchev–Trinajstić information content (AvgIpc) is 3.02. The van der Waals surface area contributed by atoms with Crippen molar-refractivity contribution in [1.82, 2.24) is 0 Å². The molecule has 1 aliphatic heterocycles. The first-order valence-electron chi connectivity index (χ1n) is 7.57. The Labute approximate surface area is 139 Å². The van der Waals surface area contributed by atoms with E-state index >= 15 is 0 Å². The third-order valence-electron chi connectivity index (χ3n) is 4.08. The van der Waals surface area contributed by atoms with E-state index in [0.717, 1.165) is 0 Å². The Morgan fingerprint density at radius 2 is 1.96 bits per heavy atom. The van der Waals surface area contributed by atoms with Crippen LogP contribution in [0.5, 0.6) is 23.0 Å². The predicted octanol–water partition coefficient (Wildman–Crippen LogP) is 2.69. The maximum Gasteiger partial charge on any atom is 0.317 e. The van der Waals surface area contributed by atoms with Gasteiger partial charge in [-0.05, 0) is 41.3 Å². The molecule has 2 aromatic carbocycles. The molecule has 2 N–H and O–H groups in total. The van der Waals surface area contributed by atoms with E-state index in [9.17, 15) is 15.0 Å². The lowest BCUT2D eigenvalue weighted by Gasteiger charge is -2.20. The Kier molecular flexibility index (Phi) is 4.20. The molecule has 0 spiro atoms. The summed E-state index contributed by atoms with van der Waals surface area (Å²) >= 11 is 0. The quantitative estimate of drug-likeness (QED) is 0.839. The van der Waals surface area contributed by atoms with Gasteiger partial charge >= 0.3 is 5.97 Å². The van der Waals surface area contributed by atoms with Crippen LogP contribution in [-0.2, 0) is 16.0 Å². The van der Waals surface area contributed by atoms with E-state index in [2.05, 4.69) is 0 Å². The van der Waals surface area contributed by atoms with Crippen molar-refractivity contribution in [2.75, 3.05) is 13.9 Å². The molecule has 6 heteroatoms. The molecule has 1 unspecified atom stereocenters. The van der Waals surface area contributed by atoms with Crippen molar-refractivity contribution in [3.63, 3.8) is 0 Å². The molecule has 0 bridgehead atoms. The third-order valence-corrected chi connectivity index (χ3v) is 4.08. The minimum Gasteiger partial charge on any atom is -0.508 e.